The molecule has 0 unspecified atom stereocenters. The van der Waals surface area contributed by atoms with E-state index in [4.69, 9.17) is 5.73 Å². The Balaban J connectivity index is 2.17. The highest BCUT2D eigenvalue weighted by Gasteiger charge is 2.03. The van der Waals surface area contributed by atoms with Crippen LogP contribution in [0.1, 0.15) is 19.5 Å². The molecule has 4 nitrogen and oxygen atoms in total. The van der Waals surface area contributed by atoms with Crippen molar-refractivity contribution in [3.63, 3.8) is 0 Å². The van der Waals surface area contributed by atoms with Crippen LogP contribution in [0, 0.1) is 0 Å². The van der Waals surface area contributed by atoms with Crippen LogP contribution in [0.15, 0.2) is 36.8 Å². The second kappa shape index (κ2) is 6.38. The molecule has 0 aliphatic carbocycles. The Bertz CT molecular complexity index is 497. The van der Waals surface area contributed by atoms with Crippen molar-refractivity contribution in [3.8, 4) is 5.69 Å². The van der Waals surface area contributed by atoms with E-state index in [1.165, 1.54) is 5.69 Å². The Kier molecular flexibility index (Phi) is 4.58. The zero-order chi connectivity index (χ0) is 13.7. The quantitative estimate of drug-likeness (QED) is 0.864. The van der Waals surface area contributed by atoms with E-state index >= 15 is 0 Å². The first kappa shape index (κ1) is 13.6. The topological polar surface area (TPSA) is 47.1 Å². The van der Waals surface area contributed by atoms with Crippen LogP contribution in [-0.4, -0.2) is 29.2 Å². The van der Waals surface area contributed by atoms with Crippen LogP contribution >= 0.6 is 0 Å². The molecule has 1 heterocycles. The van der Waals surface area contributed by atoms with Gasteiger partial charge < -0.3 is 15.2 Å². The number of hydrogen-bond acceptors (Lipinski definition) is 3. The lowest BCUT2D eigenvalue weighted by atomic mass is 10.2. The summed E-state index contributed by atoms with van der Waals surface area (Å²) >= 11 is 0. The summed E-state index contributed by atoms with van der Waals surface area (Å²) in [5, 5.41) is 0. The minimum absolute atomic E-state index is 0.637. The highest BCUT2D eigenvalue weighted by Crippen LogP contribution is 2.17. The van der Waals surface area contributed by atoms with Gasteiger partial charge in [-0.25, -0.2) is 4.98 Å². The molecule has 0 amide bonds. The Morgan fingerprint density at radius 2 is 1.84 bits per heavy atom. The molecule has 0 spiro atoms. The third kappa shape index (κ3) is 3.15. The number of hydrogen-bond donors (Lipinski definition) is 1. The van der Waals surface area contributed by atoms with Gasteiger partial charge in [-0.1, -0.05) is 0 Å². The first-order chi connectivity index (χ1) is 9.28. The molecular weight excluding hydrogens is 236 g/mol. The zero-order valence-corrected chi connectivity index (χ0v) is 11.7. The van der Waals surface area contributed by atoms with Crippen molar-refractivity contribution in [2.45, 2.75) is 20.3 Å². The molecule has 4 heteroatoms. The lowest BCUT2D eigenvalue weighted by Crippen LogP contribution is -2.21. The standard InChI is InChI=1S/C15H22N4/c1-3-18(4-2)14-5-7-15(8-6-14)19-11-13(9-10-16)17-12-19/h5-8,11-12H,3-4,9-10,16H2,1-2H3. The summed E-state index contributed by atoms with van der Waals surface area (Å²) < 4.78 is 2.04. The lowest BCUT2D eigenvalue weighted by molar-refractivity contribution is 0.865. The van der Waals surface area contributed by atoms with Gasteiger partial charge in [0, 0.05) is 37.1 Å². The van der Waals surface area contributed by atoms with E-state index in [2.05, 4.69) is 48.0 Å². The van der Waals surface area contributed by atoms with Gasteiger partial charge in [-0.05, 0) is 44.7 Å². The van der Waals surface area contributed by atoms with Gasteiger partial charge in [-0.2, -0.15) is 0 Å². The highest BCUT2D eigenvalue weighted by atomic mass is 15.1. The largest absolute Gasteiger partial charge is 0.372 e. The summed E-state index contributed by atoms with van der Waals surface area (Å²) in [7, 11) is 0. The summed E-state index contributed by atoms with van der Waals surface area (Å²) in [6.45, 7) is 7.04. The maximum atomic E-state index is 5.54. The summed E-state index contributed by atoms with van der Waals surface area (Å²) in [6.07, 6.45) is 4.71. The van der Waals surface area contributed by atoms with Crippen molar-refractivity contribution in [1.29, 1.82) is 0 Å². The average Bonchev–Trinajstić information content (AvgIpc) is 2.90. The molecule has 2 aromatic rings. The number of imidazole rings is 1. The van der Waals surface area contributed by atoms with Crippen LogP contribution < -0.4 is 10.6 Å². The van der Waals surface area contributed by atoms with Gasteiger partial charge in [0.25, 0.3) is 0 Å². The van der Waals surface area contributed by atoms with E-state index in [9.17, 15) is 0 Å². The second-order valence-electron chi connectivity index (χ2n) is 4.50. The molecule has 19 heavy (non-hydrogen) atoms. The van der Waals surface area contributed by atoms with Crippen LogP contribution in [0.3, 0.4) is 0 Å². The number of rotatable bonds is 6. The molecule has 0 saturated carbocycles. The molecule has 0 saturated heterocycles. The normalized spacial score (nSPS) is 10.7. The first-order valence-corrected chi connectivity index (χ1v) is 6.86. The van der Waals surface area contributed by atoms with Crippen LogP contribution in [0.2, 0.25) is 0 Å². The number of benzene rings is 1. The van der Waals surface area contributed by atoms with Crippen molar-refractivity contribution >= 4 is 5.69 Å². The van der Waals surface area contributed by atoms with Crippen molar-refractivity contribution in [3.05, 3.63) is 42.5 Å². The Labute approximate surface area is 114 Å². The van der Waals surface area contributed by atoms with E-state index in [-0.39, 0.29) is 0 Å². The SMILES string of the molecule is CCN(CC)c1ccc(-n2cnc(CCN)c2)cc1. The minimum atomic E-state index is 0.637. The molecule has 1 aromatic carbocycles. The van der Waals surface area contributed by atoms with E-state index in [0.717, 1.165) is 30.9 Å². The summed E-state index contributed by atoms with van der Waals surface area (Å²) in [4.78, 5) is 6.68. The van der Waals surface area contributed by atoms with Crippen LogP contribution in [0.25, 0.3) is 5.69 Å². The Morgan fingerprint density at radius 1 is 1.16 bits per heavy atom. The minimum Gasteiger partial charge on any atom is -0.372 e. The molecule has 0 aliphatic rings. The monoisotopic (exact) mass is 258 g/mol. The molecule has 0 atom stereocenters. The molecule has 102 valence electrons. The van der Waals surface area contributed by atoms with Gasteiger partial charge in [0.1, 0.15) is 0 Å². The van der Waals surface area contributed by atoms with Gasteiger partial charge in [-0.3, -0.25) is 0 Å². The fourth-order valence-electron chi connectivity index (χ4n) is 2.21. The number of nitrogens with two attached hydrogens (primary N) is 1. The van der Waals surface area contributed by atoms with E-state index in [1.807, 2.05) is 17.1 Å². The third-order valence-corrected chi connectivity index (χ3v) is 3.31. The molecule has 0 aliphatic heterocycles. The first-order valence-electron chi connectivity index (χ1n) is 6.86. The molecule has 0 radical (unpaired) electrons. The molecule has 0 bridgehead atoms. The average molecular weight is 258 g/mol. The summed E-state index contributed by atoms with van der Waals surface area (Å²) in [5.74, 6) is 0. The molecule has 2 N–H and O–H groups in total. The second-order valence-corrected chi connectivity index (χ2v) is 4.50. The predicted octanol–water partition coefficient (Wildman–Crippen LogP) is 2.22. The fourth-order valence-corrected chi connectivity index (χ4v) is 2.21. The van der Waals surface area contributed by atoms with Crippen molar-refractivity contribution in [2.75, 3.05) is 24.5 Å². The van der Waals surface area contributed by atoms with Crippen LogP contribution in [0.5, 0.6) is 0 Å². The number of nitrogens with zero attached hydrogens (tertiary/aromatic N) is 3. The molecule has 2 rings (SSSR count). The molecule has 1 aromatic heterocycles. The molecular formula is C15H22N4. The van der Waals surface area contributed by atoms with Crippen molar-refractivity contribution in [2.24, 2.45) is 5.73 Å². The van der Waals surface area contributed by atoms with Crippen LogP contribution in [-0.2, 0) is 6.42 Å². The lowest BCUT2D eigenvalue weighted by Gasteiger charge is -2.21. The van der Waals surface area contributed by atoms with Gasteiger partial charge in [-0.15, -0.1) is 0 Å². The predicted molar refractivity (Wildman–Crippen MR) is 79.9 cm³/mol. The van der Waals surface area contributed by atoms with Gasteiger partial charge in [0.15, 0.2) is 0 Å². The summed E-state index contributed by atoms with van der Waals surface area (Å²) in [6, 6.07) is 8.57. The van der Waals surface area contributed by atoms with Crippen LogP contribution in [0.4, 0.5) is 5.69 Å². The van der Waals surface area contributed by atoms with Gasteiger partial charge >= 0.3 is 0 Å². The number of anilines is 1. The maximum absolute atomic E-state index is 5.54. The third-order valence-electron chi connectivity index (χ3n) is 3.31. The Morgan fingerprint density at radius 3 is 2.42 bits per heavy atom. The fraction of sp³-hybridized carbons (Fsp3) is 0.400. The van der Waals surface area contributed by atoms with Crippen molar-refractivity contribution in [1.82, 2.24) is 9.55 Å². The highest BCUT2D eigenvalue weighted by molar-refractivity contribution is 5.50. The van der Waals surface area contributed by atoms with Gasteiger partial charge in [0.2, 0.25) is 0 Å². The zero-order valence-electron chi connectivity index (χ0n) is 11.7. The van der Waals surface area contributed by atoms with E-state index in [1.54, 1.807) is 0 Å². The van der Waals surface area contributed by atoms with E-state index < -0.39 is 0 Å². The van der Waals surface area contributed by atoms with Gasteiger partial charge in [0.05, 0.1) is 12.0 Å². The van der Waals surface area contributed by atoms with E-state index in [0.29, 0.717) is 6.54 Å². The molecule has 0 fully saturated rings. The summed E-state index contributed by atoms with van der Waals surface area (Å²) in [5.41, 5.74) is 8.97. The van der Waals surface area contributed by atoms with Crippen molar-refractivity contribution < 1.29 is 0 Å². The maximum Gasteiger partial charge on any atom is 0.0995 e. The smallest absolute Gasteiger partial charge is 0.0995 e. The Hall–Kier alpha value is -1.81. The number of aromatic nitrogens is 2.